The van der Waals surface area contributed by atoms with E-state index in [0.29, 0.717) is 16.8 Å². The third-order valence-corrected chi connectivity index (χ3v) is 2.56. The average Bonchev–Trinajstić information content (AvgIpc) is 2.57. The Hall–Kier alpha value is -1.68. The lowest BCUT2D eigenvalue weighted by Crippen LogP contribution is -1.90. The first-order valence-corrected chi connectivity index (χ1v) is 5.15. The molecule has 1 heterocycles. The molecule has 0 aliphatic rings. The first-order chi connectivity index (χ1) is 7.61. The number of H-pyrrole nitrogens is 1. The molecule has 0 saturated heterocycles. The van der Waals surface area contributed by atoms with Gasteiger partial charge >= 0.3 is 0 Å². The number of aromatic amines is 1. The Balaban J connectivity index is 2.62. The lowest BCUT2D eigenvalue weighted by molar-refractivity contribution is 0.416. The van der Waals surface area contributed by atoms with Crippen LogP contribution in [0.25, 0.3) is 11.3 Å². The molecular weight excluding hydrogens is 226 g/mol. The Kier molecular flexibility index (Phi) is 2.75. The average molecular weight is 238 g/mol. The van der Waals surface area contributed by atoms with Crippen LogP contribution >= 0.6 is 11.6 Å². The van der Waals surface area contributed by atoms with Gasteiger partial charge in [0.05, 0.1) is 7.11 Å². The van der Waals surface area contributed by atoms with E-state index in [1.165, 1.54) is 0 Å². The summed E-state index contributed by atoms with van der Waals surface area (Å²) in [5, 5.41) is 0.418. The minimum Gasteiger partial charge on any atom is -0.496 e. The summed E-state index contributed by atoms with van der Waals surface area (Å²) in [6.07, 6.45) is 0. The van der Waals surface area contributed by atoms with E-state index in [1.807, 2.05) is 25.1 Å². The van der Waals surface area contributed by atoms with Gasteiger partial charge in [-0.2, -0.15) is 0 Å². The molecule has 5 heteroatoms. The quantitative estimate of drug-likeness (QED) is 0.844. The van der Waals surface area contributed by atoms with Crippen molar-refractivity contribution in [1.29, 1.82) is 0 Å². The zero-order chi connectivity index (χ0) is 11.7. The van der Waals surface area contributed by atoms with Crippen LogP contribution in [0, 0.1) is 6.92 Å². The number of anilines is 1. The zero-order valence-electron chi connectivity index (χ0n) is 9.04. The van der Waals surface area contributed by atoms with Gasteiger partial charge in [0.2, 0.25) is 0 Å². The molecule has 0 unspecified atom stereocenters. The van der Waals surface area contributed by atoms with Crippen LogP contribution in [0.2, 0.25) is 5.15 Å². The Bertz CT molecular complexity index is 522. The van der Waals surface area contributed by atoms with Crippen LogP contribution in [0.4, 0.5) is 5.95 Å². The number of nitrogens with two attached hydrogens (primary N) is 1. The maximum absolute atomic E-state index is 6.01. The summed E-state index contributed by atoms with van der Waals surface area (Å²) < 4.78 is 5.27. The number of imidazole rings is 1. The van der Waals surface area contributed by atoms with Gasteiger partial charge in [0, 0.05) is 5.56 Å². The topological polar surface area (TPSA) is 63.9 Å². The number of nitrogens with one attached hydrogen (secondary N) is 1. The number of rotatable bonds is 2. The molecular formula is C11H12ClN3O. The van der Waals surface area contributed by atoms with Crippen LogP contribution in [-0.2, 0) is 0 Å². The zero-order valence-corrected chi connectivity index (χ0v) is 9.80. The molecule has 3 N–H and O–H groups in total. The van der Waals surface area contributed by atoms with Crippen LogP contribution in [0.1, 0.15) is 5.56 Å². The monoisotopic (exact) mass is 237 g/mol. The van der Waals surface area contributed by atoms with Crippen LogP contribution in [0.3, 0.4) is 0 Å². The predicted octanol–water partition coefficient (Wildman–Crippen LogP) is 2.63. The van der Waals surface area contributed by atoms with E-state index in [4.69, 9.17) is 22.1 Å². The highest BCUT2D eigenvalue weighted by Crippen LogP contribution is 2.34. The van der Waals surface area contributed by atoms with E-state index >= 15 is 0 Å². The number of aromatic nitrogens is 2. The summed E-state index contributed by atoms with van der Waals surface area (Å²) in [5.74, 6) is 1.02. The highest BCUT2D eigenvalue weighted by Gasteiger charge is 2.13. The van der Waals surface area contributed by atoms with Gasteiger partial charge in [-0.1, -0.05) is 23.2 Å². The molecule has 2 rings (SSSR count). The summed E-state index contributed by atoms with van der Waals surface area (Å²) in [5.41, 5.74) is 8.10. The van der Waals surface area contributed by atoms with Crippen molar-refractivity contribution in [3.05, 3.63) is 28.9 Å². The smallest absolute Gasteiger partial charge is 0.199 e. The van der Waals surface area contributed by atoms with E-state index in [2.05, 4.69) is 9.97 Å². The SMILES string of the molecule is COc1ccc(C)cc1-c1nc(N)[nH]c1Cl. The number of nitrogens with zero attached hydrogens (tertiary/aromatic N) is 1. The minimum atomic E-state index is 0.295. The van der Waals surface area contributed by atoms with Gasteiger partial charge in [0.15, 0.2) is 5.95 Å². The van der Waals surface area contributed by atoms with Crippen LogP contribution in [-0.4, -0.2) is 17.1 Å². The fourth-order valence-electron chi connectivity index (χ4n) is 1.55. The lowest BCUT2D eigenvalue weighted by Gasteiger charge is -2.07. The van der Waals surface area contributed by atoms with Crippen molar-refractivity contribution >= 4 is 17.5 Å². The third kappa shape index (κ3) is 1.84. The van der Waals surface area contributed by atoms with E-state index < -0.39 is 0 Å². The molecule has 0 aliphatic heterocycles. The second-order valence-corrected chi connectivity index (χ2v) is 3.87. The molecule has 1 aromatic carbocycles. The van der Waals surface area contributed by atoms with Crippen molar-refractivity contribution in [1.82, 2.24) is 9.97 Å². The van der Waals surface area contributed by atoms with E-state index in [-0.39, 0.29) is 0 Å². The highest BCUT2D eigenvalue weighted by molar-refractivity contribution is 6.32. The molecule has 1 aromatic heterocycles. The molecule has 0 spiro atoms. The molecule has 0 atom stereocenters. The molecule has 2 aromatic rings. The molecule has 16 heavy (non-hydrogen) atoms. The van der Waals surface area contributed by atoms with E-state index in [9.17, 15) is 0 Å². The maximum atomic E-state index is 6.01. The van der Waals surface area contributed by atoms with Crippen LogP contribution in [0.15, 0.2) is 18.2 Å². The molecule has 0 bridgehead atoms. The van der Waals surface area contributed by atoms with Crippen molar-refractivity contribution in [2.45, 2.75) is 6.92 Å². The molecule has 84 valence electrons. The Morgan fingerprint density at radius 2 is 2.19 bits per heavy atom. The fraction of sp³-hybridized carbons (Fsp3) is 0.182. The van der Waals surface area contributed by atoms with E-state index in [1.54, 1.807) is 7.11 Å². The number of hydrogen-bond donors (Lipinski definition) is 2. The maximum Gasteiger partial charge on any atom is 0.199 e. The molecule has 0 amide bonds. The second-order valence-electron chi connectivity index (χ2n) is 3.49. The number of methoxy groups -OCH3 is 1. The minimum absolute atomic E-state index is 0.295. The van der Waals surface area contributed by atoms with Crippen LogP contribution < -0.4 is 10.5 Å². The normalized spacial score (nSPS) is 10.4. The number of nitrogen functional groups attached to an aromatic ring is 1. The Morgan fingerprint density at radius 3 is 2.75 bits per heavy atom. The molecule has 4 nitrogen and oxygen atoms in total. The molecule has 0 radical (unpaired) electrons. The van der Waals surface area contributed by atoms with Gasteiger partial charge in [-0.3, -0.25) is 0 Å². The number of aryl methyl sites for hydroxylation is 1. The number of ether oxygens (including phenoxy) is 1. The van der Waals surface area contributed by atoms with Crippen molar-refractivity contribution < 1.29 is 4.74 Å². The van der Waals surface area contributed by atoms with Crippen molar-refractivity contribution in [2.75, 3.05) is 12.8 Å². The molecule has 0 saturated carbocycles. The van der Waals surface area contributed by atoms with Crippen molar-refractivity contribution in [3.63, 3.8) is 0 Å². The van der Waals surface area contributed by atoms with Gasteiger partial charge in [0.1, 0.15) is 16.6 Å². The van der Waals surface area contributed by atoms with Gasteiger partial charge < -0.3 is 15.5 Å². The summed E-state index contributed by atoms with van der Waals surface area (Å²) in [6, 6.07) is 5.80. The summed E-state index contributed by atoms with van der Waals surface area (Å²) in [6.45, 7) is 1.99. The summed E-state index contributed by atoms with van der Waals surface area (Å²) in [4.78, 5) is 6.89. The van der Waals surface area contributed by atoms with Gasteiger partial charge in [-0.25, -0.2) is 4.98 Å². The fourth-order valence-corrected chi connectivity index (χ4v) is 1.80. The van der Waals surface area contributed by atoms with Gasteiger partial charge in [-0.15, -0.1) is 0 Å². The number of halogens is 1. The summed E-state index contributed by atoms with van der Waals surface area (Å²) in [7, 11) is 1.61. The lowest BCUT2D eigenvalue weighted by atomic mass is 10.1. The van der Waals surface area contributed by atoms with Crippen molar-refractivity contribution in [2.24, 2.45) is 0 Å². The number of hydrogen-bond acceptors (Lipinski definition) is 3. The summed E-state index contributed by atoms with van der Waals surface area (Å²) >= 11 is 6.01. The van der Waals surface area contributed by atoms with Gasteiger partial charge in [0.25, 0.3) is 0 Å². The Morgan fingerprint density at radius 1 is 1.44 bits per heavy atom. The largest absolute Gasteiger partial charge is 0.496 e. The van der Waals surface area contributed by atoms with E-state index in [0.717, 1.165) is 16.9 Å². The molecule has 0 fully saturated rings. The Labute approximate surface area is 98.4 Å². The van der Waals surface area contributed by atoms with Crippen molar-refractivity contribution in [3.8, 4) is 17.0 Å². The first-order valence-electron chi connectivity index (χ1n) is 4.78. The second kappa shape index (κ2) is 4.06. The third-order valence-electron chi connectivity index (χ3n) is 2.29. The predicted molar refractivity (Wildman–Crippen MR) is 64.7 cm³/mol. The first kappa shape index (κ1) is 10.8. The number of benzene rings is 1. The molecule has 0 aliphatic carbocycles. The van der Waals surface area contributed by atoms with Crippen LogP contribution in [0.5, 0.6) is 5.75 Å². The standard InChI is InChI=1S/C11H12ClN3O/c1-6-3-4-8(16-2)7(5-6)9-10(12)15-11(13)14-9/h3-5H,1-2H3,(H3,13,14,15). The van der Waals surface area contributed by atoms with Gasteiger partial charge in [-0.05, 0) is 19.1 Å². The highest BCUT2D eigenvalue weighted by atomic mass is 35.5.